The molecule has 0 N–H and O–H groups in total. The van der Waals surface area contributed by atoms with Crippen LogP contribution in [0.3, 0.4) is 0 Å². The summed E-state index contributed by atoms with van der Waals surface area (Å²) in [5, 5.41) is 0. The molecular formula is C17H30N2O4. The van der Waals surface area contributed by atoms with Crippen molar-refractivity contribution in [1.29, 1.82) is 0 Å². The Hall–Kier alpha value is -1.59. The van der Waals surface area contributed by atoms with Crippen LogP contribution in [0.15, 0.2) is 0 Å². The average molecular weight is 326 g/mol. The molecule has 1 atom stereocenters. The molecule has 1 rings (SSSR count). The van der Waals surface area contributed by atoms with Crippen molar-refractivity contribution >= 4 is 17.8 Å². The van der Waals surface area contributed by atoms with E-state index in [4.69, 9.17) is 4.74 Å². The van der Waals surface area contributed by atoms with Crippen molar-refractivity contribution in [3.8, 4) is 0 Å². The molecule has 1 fully saturated rings. The zero-order valence-electron chi connectivity index (χ0n) is 15.4. The van der Waals surface area contributed by atoms with Crippen molar-refractivity contribution in [1.82, 2.24) is 9.80 Å². The molecule has 2 amide bonds. The molecule has 0 saturated carbocycles. The van der Waals surface area contributed by atoms with Crippen LogP contribution in [0.5, 0.6) is 0 Å². The van der Waals surface area contributed by atoms with Crippen LogP contribution in [0.1, 0.15) is 48.0 Å². The summed E-state index contributed by atoms with van der Waals surface area (Å²) in [4.78, 5) is 39.7. The maximum absolute atomic E-state index is 12.6. The van der Waals surface area contributed by atoms with E-state index in [0.29, 0.717) is 19.5 Å². The number of carbonyl (C=O) groups is 3. The Morgan fingerprint density at radius 1 is 1.22 bits per heavy atom. The highest BCUT2D eigenvalue weighted by Crippen LogP contribution is 2.23. The molecule has 1 aliphatic heterocycles. The molecule has 132 valence electrons. The molecule has 0 bridgehead atoms. The molecule has 1 aliphatic rings. The van der Waals surface area contributed by atoms with E-state index in [1.54, 1.807) is 18.9 Å². The lowest BCUT2D eigenvalue weighted by Crippen LogP contribution is -2.59. The zero-order chi connectivity index (χ0) is 17.9. The molecule has 1 saturated heterocycles. The van der Waals surface area contributed by atoms with E-state index in [2.05, 4.69) is 0 Å². The van der Waals surface area contributed by atoms with E-state index in [1.165, 1.54) is 4.90 Å². The van der Waals surface area contributed by atoms with Gasteiger partial charge in [0.2, 0.25) is 11.8 Å². The SMILES string of the molecule is CCC(=O)N1CC(C(=O)N(C)[C@H](C(=O)OC(C)(C)C)C(C)C)C1. The molecule has 0 radical (unpaired) electrons. The maximum atomic E-state index is 12.6. The van der Waals surface area contributed by atoms with Gasteiger partial charge in [0.25, 0.3) is 0 Å². The van der Waals surface area contributed by atoms with Crippen molar-refractivity contribution in [2.24, 2.45) is 11.8 Å². The van der Waals surface area contributed by atoms with E-state index in [-0.39, 0.29) is 29.6 Å². The number of hydrogen-bond acceptors (Lipinski definition) is 4. The van der Waals surface area contributed by atoms with Gasteiger partial charge in [-0.15, -0.1) is 0 Å². The first-order chi connectivity index (χ1) is 10.5. The fraction of sp³-hybridized carbons (Fsp3) is 0.824. The smallest absolute Gasteiger partial charge is 0.329 e. The van der Waals surface area contributed by atoms with E-state index in [0.717, 1.165) is 0 Å². The normalized spacial score (nSPS) is 16.8. The van der Waals surface area contributed by atoms with Crippen molar-refractivity contribution in [3.05, 3.63) is 0 Å². The predicted octanol–water partition coefficient (Wildman–Crippen LogP) is 1.68. The third-order valence-electron chi connectivity index (χ3n) is 3.93. The van der Waals surface area contributed by atoms with Crippen LogP contribution in [-0.2, 0) is 19.1 Å². The molecule has 0 aromatic carbocycles. The fourth-order valence-electron chi connectivity index (χ4n) is 2.73. The lowest BCUT2D eigenvalue weighted by Gasteiger charge is -2.41. The number of likely N-dealkylation sites (tertiary alicyclic amines) is 1. The summed E-state index contributed by atoms with van der Waals surface area (Å²) in [6, 6.07) is -0.613. The van der Waals surface area contributed by atoms with E-state index in [1.807, 2.05) is 34.6 Å². The lowest BCUT2D eigenvalue weighted by molar-refractivity contribution is -0.168. The molecule has 0 spiro atoms. The molecule has 6 nitrogen and oxygen atoms in total. The van der Waals surface area contributed by atoms with Crippen molar-refractivity contribution in [2.75, 3.05) is 20.1 Å². The number of carbonyl (C=O) groups excluding carboxylic acids is 3. The second-order valence-electron chi connectivity index (χ2n) is 7.52. The Morgan fingerprint density at radius 2 is 1.74 bits per heavy atom. The number of amides is 2. The van der Waals surface area contributed by atoms with Gasteiger partial charge in [-0.1, -0.05) is 20.8 Å². The minimum absolute atomic E-state index is 0.0488. The highest BCUT2D eigenvalue weighted by Gasteiger charge is 2.41. The molecule has 1 heterocycles. The summed E-state index contributed by atoms with van der Waals surface area (Å²) < 4.78 is 5.44. The highest BCUT2D eigenvalue weighted by atomic mass is 16.6. The summed E-state index contributed by atoms with van der Waals surface area (Å²) in [5.41, 5.74) is -0.588. The van der Waals surface area contributed by atoms with E-state index in [9.17, 15) is 14.4 Å². The maximum Gasteiger partial charge on any atom is 0.329 e. The molecule has 6 heteroatoms. The number of likely N-dealkylation sites (N-methyl/N-ethyl adjacent to an activating group) is 1. The average Bonchev–Trinajstić information content (AvgIpc) is 2.33. The first-order valence-electron chi connectivity index (χ1n) is 8.25. The Balaban J connectivity index is 2.72. The van der Waals surface area contributed by atoms with Crippen LogP contribution in [-0.4, -0.2) is 59.4 Å². The monoisotopic (exact) mass is 326 g/mol. The first kappa shape index (κ1) is 19.5. The van der Waals surface area contributed by atoms with Gasteiger partial charge in [-0.25, -0.2) is 4.79 Å². The van der Waals surface area contributed by atoms with Crippen LogP contribution in [0.25, 0.3) is 0 Å². The standard InChI is InChI=1S/C17H30N2O4/c1-8-13(20)19-9-12(10-19)15(21)18(7)14(11(2)3)16(22)23-17(4,5)6/h11-12,14H,8-10H2,1-7H3/t14-/m0/s1. The van der Waals surface area contributed by atoms with Gasteiger partial charge in [-0.05, 0) is 26.7 Å². The second-order valence-corrected chi connectivity index (χ2v) is 7.52. The van der Waals surface area contributed by atoms with Crippen LogP contribution in [0, 0.1) is 11.8 Å². The highest BCUT2D eigenvalue weighted by molar-refractivity contribution is 5.88. The van der Waals surface area contributed by atoms with E-state index >= 15 is 0 Å². The number of esters is 1. The van der Waals surface area contributed by atoms with Crippen molar-refractivity contribution in [2.45, 2.75) is 59.6 Å². The van der Waals surface area contributed by atoms with Gasteiger partial charge < -0.3 is 14.5 Å². The summed E-state index contributed by atoms with van der Waals surface area (Å²) >= 11 is 0. The van der Waals surface area contributed by atoms with Crippen LogP contribution in [0.4, 0.5) is 0 Å². The zero-order valence-corrected chi connectivity index (χ0v) is 15.4. The number of hydrogen-bond donors (Lipinski definition) is 0. The summed E-state index contributed by atoms with van der Waals surface area (Å²) in [5.74, 6) is -0.699. The third-order valence-corrected chi connectivity index (χ3v) is 3.93. The Kier molecular flexibility index (Phi) is 6.19. The lowest BCUT2D eigenvalue weighted by atomic mass is 9.95. The van der Waals surface area contributed by atoms with E-state index < -0.39 is 11.6 Å². The Labute approximate surface area is 139 Å². The molecule has 23 heavy (non-hydrogen) atoms. The van der Waals surface area contributed by atoms with Gasteiger partial charge in [0.15, 0.2) is 0 Å². The number of nitrogens with zero attached hydrogens (tertiary/aromatic N) is 2. The molecule has 0 aliphatic carbocycles. The summed E-state index contributed by atoms with van der Waals surface area (Å²) in [6.07, 6.45) is 0.448. The van der Waals surface area contributed by atoms with Crippen LogP contribution < -0.4 is 0 Å². The minimum atomic E-state index is -0.613. The number of rotatable bonds is 5. The summed E-state index contributed by atoms with van der Waals surface area (Å²) in [7, 11) is 1.64. The minimum Gasteiger partial charge on any atom is -0.458 e. The second kappa shape index (κ2) is 7.32. The quantitative estimate of drug-likeness (QED) is 0.721. The van der Waals surface area contributed by atoms with Gasteiger partial charge >= 0.3 is 5.97 Å². The van der Waals surface area contributed by atoms with Gasteiger partial charge in [0.05, 0.1) is 5.92 Å². The Bertz CT molecular complexity index is 462. The molecular weight excluding hydrogens is 296 g/mol. The predicted molar refractivity (Wildman–Crippen MR) is 87.6 cm³/mol. The van der Waals surface area contributed by atoms with Crippen molar-refractivity contribution < 1.29 is 19.1 Å². The van der Waals surface area contributed by atoms with Gasteiger partial charge in [-0.2, -0.15) is 0 Å². The van der Waals surface area contributed by atoms with Crippen LogP contribution in [0.2, 0.25) is 0 Å². The third kappa shape index (κ3) is 4.94. The Morgan fingerprint density at radius 3 is 2.13 bits per heavy atom. The fourth-order valence-corrected chi connectivity index (χ4v) is 2.73. The molecule has 0 aromatic heterocycles. The number of ether oxygens (including phenoxy) is 1. The first-order valence-corrected chi connectivity index (χ1v) is 8.25. The van der Waals surface area contributed by atoms with Gasteiger partial charge in [0.1, 0.15) is 11.6 Å². The van der Waals surface area contributed by atoms with Crippen molar-refractivity contribution in [3.63, 3.8) is 0 Å². The summed E-state index contributed by atoms with van der Waals surface area (Å²) in [6.45, 7) is 11.9. The topological polar surface area (TPSA) is 66.9 Å². The van der Waals surface area contributed by atoms with Gasteiger partial charge in [-0.3, -0.25) is 9.59 Å². The molecule has 0 unspecified atom stereocenters. The van der Waals surface area contributed by atoms with Crippen LogP contribution >= 0.6 is 0 Å². The molecule has 0 aromatic rings. The largest absolute Gasteiger partial charge is 0.458 e. The van der Waals surface area contributed by atoms with Gasteiger partial charge in [0, 0.05) is 26.6 Å².